The van der Waals surface area contributed by atoms with E-state index in [0.717, 1.165) is 0 Å². The number of alkyl halides is 4. The number of amides is 1. The molecule has 4 nitrogen and oxygen atoms in total. The van der Waals surface area contributed by atoms with E-state index < -0.39 is 29.3 Å². The number of halogens is 4. The van der Waals surface area contributed by atoms with Crippen LogP contribution in [0.1, 0.15) is 6.92 Å². The van der Waals surface area contributed by atoms with Crippen LogP contribution in [-0.2, 0) is 14.3 Å². The van der Waals surface area contributed by atoms with Gasteiger partial charge in [-0.2, -0.15) is 13.2 Å². The Kier molecular flexibility index (Phi) is 4.03. The van der Waals surface area contributed by atoms with Gasteiger partial charge in [-0.05, 0) is 6.92 Å². The lowest BCUT2D eigenvalue weighted by atomic mass is 9.81. The van der Waals surface area contributed by atoms with Crippen LogP contribution in [-0.4, -0.2) is 43.0 Å². The molecule has 98 valence electrons. The van der Waals surface area contributed by atoms with Crippen LogP contribution in [0.2, 0.25) is 0 Å². The van der Waals surface area contributed by atoms with Crippen molar-refractivity contribution in [2.45, 2.75) is 19.1 Å². The quantitative estimate of drug-likeness (QED) is 0.777. The van der Waals surface area contributed by atoms with Crippen LogP contribution in [0, 0.1) is 5.41 Å². The molecule has 1 saturated heterocycles. The number of rotatable bonds is 3. The molecule has 2 unspecified atom stereocenters. The SMILES string of the molecule is CC1(C(=O)CCl)COCC1NC(=O)C(F)(F)F. The molecular weight excluding hydrogens is 263 g/mol. The van der Waals surface area contributed by atoms with Crippen LogP contribution in [0.15, 0.2) is 0 Å². The molecule has 8 heteroatoms. The number of hydrogen-bond acceptors (Lipinski definition) is 3. The fraction of sp³-hybridized carbons (Fsp3) is 0.778. The molecular formula is C9H11ClF3NO3. The summed E-state index contributed by atoms with van der Waals surface area (Å²) in [5.41, 5.74) is -1.21. The Balaban J connectivity index is 2.77. The van der Waals surface area contributed by atoms with Gasteiger partial charge in [-0.1, -0.05) is 0 Å². The molecule has 1 heterocycles. The summed E-state index contributed by atoms with van der Waals surface area (Å²) >= 11 is 5.37. The van der Waals surface area contributed by atoms with Crippen molar-refractivity contribution in [3.05, 3.63) is 0 Å². The Morgan fingerprint density at radius 3 is 2.59 bits per heavy atom. The summed E-state index contributed by atoms with van der Waals surface area (Å²) in [5, 5.41) is 1.76. The third-order valence-corrected chi connectivity index (χ3v) is 3.02. The molecule has 1 aliphatic heterocycles. The number of ketones is 1. The van der Waals surface area contributed by atoms with E-state index in [9.17, 15) is 22.8 Å². The van der Waals surface area contributed by atoms with E-state index in [4.69, 9.17) is 16.3 Å². The Morgan fingerprint density at radius 1 is 1.53 bits per heavy atom. The molecule has 0 bridgehead atoms. The van der Waals surface area contributed by atoms with Gasteiger partial charge in [0.05, 0.1) is 30.6 Å². The minimum absolute atomic E-state index is 0.0542. The van der Waals surface area contributed by atoms with E-state index in [1.165, 1.54) is 6.92 Å². The molecule has 0 aliphatic carbocycles. The zero-order valence-corrected chi connectivity index (χ0v) is 9.69. The average Bonchev–Trinajstić information content (AvgIpc) is 2.59. The van der Waals surface area contributed by atoms with Gasteiger partial charge in [0.2, 0.25) is 0 Å². The average molecular weight is 274 g/mol. The van der Waals surface area contributed by atoms with Gasteiger partial charge < -0.3 is 10.1 Å². The zero-order valence-electron chi connectivity index (χ0n) is 8.94. The predicted molar refractivity (Wildman–Crippen MR) is 52.6 cm³/mol. The first-order valence-corrected chi connectivity index (χ1v) is 5.30. The van der Waals surface area contributed by atoms with Crippen LogP contribution < -0.4 is 5.32 Å². The van der Waals surface area contributed by atoms with Crippen LogP contribution >= 0.6 is 11.6 Å². The number of carbonyl (C=O) groups excluding carboxylic acids is 2. The Labute approximate surface area is 100 Å². The van der Waals surface area contributed by atoms with Crippen molar-refractivity contribution in [3.63, 3.8) is 0 Å². The van der Waals surface area contributed by atoms with Crippen molar-refractivity contribution < 1.29 is 27.5 Å². The van der Waals surface area contributed by atoms with Gasteiger partial charge in [-0.15, -0.1) is 11.6 Å². The number of carbonyl (C=O) groups is 2. The van der Waals surface area contributed by atoms with Gasteiger partial charge in [-0.3, -0.25) is 9.59 Å². The third-order valence-electron chi connectivity index (χ3n) is 2.78. The summed E-state index contributed by atoms with van der Waals surface area (Å²) in [4.78, 5) is 22.3. The minimum atomic E-state index is -4.98. The number of hydrogen-bond donors (Lipinski definition) is 1. The van der Waals surface area contributed by atoms with Crippen molar-refractivity contribution in [2.75, 3.05) is 19.1 Å². The van der Waals surface area contributed by atoms with Crippen molar-refractivity contribution in [1.82, 2.24) is 5.32 Å². The second-order valence-electron chi connectivity index (χ2n) is 4.01. The summed E-state index contributed by atoms with van der Waals surface area (Å²) in [6.45, 7) is 1.23. The largest absolute Gasteiger partial charge is 0.471 e. The Morgan fingerprint density at radius 2 is 2.12 bits per heavy atom. The van der Waals surface area contributed by atoms with Gasteiger partial charge >= 0.3 is 12.1 Å². The molecule has 0 spiro atoms. The van der Waals surface area contributed by atoms with Crippen LogP contribution in [0.4, 0.5) is 13.2 Å². The van der Waals surface area contributed by atoms with Crippen LogP contribution in [0.5, 0.6) is 0 Å². The molecule has 1 fully saturated rings. The number of ether oxygens (including phenoxy) is 1. The van der Waals surface area contributed by atoms with E-state index >= 15 is 0 Å². The molecule has 1 N–H and O–H groups in total. The second kappa shape index (κ2) is 4.81. The van der Waals surface area contributed by atoms with Crippen molar-refractivity contribution in [2.24, 2.45) is 5.41 Å². The van der Waals surface area contributed by atoms with E-state index in [2.05, 4.69) is 0 Å². The summed E-state index contributed by atoms with van der Waals surface area (Å²) in [7, 11) is 0. The van der Waals surface area contributed by atoms with Gasteiger partial charge in [-0.25, -0.2) is 0 Å². The molecule has 1 amide bonds. The van der Waals surface area contributed by atoms with Crippen molar-refractivity contribution in [3.8, 4) is 0 Å². The first-order chi connectivity index (χ1) is 7.71. The van der Waals surface area contributed by atoms with Gasteiger partial charge in [0.25, 0.3) is 0 Å². The first kappa shape index (κ1) is 14.2. The van der Waals surface area contributed by atoms with E-state index in [1.54, 1.807) is 5.32 Å². The monoisotopic (exact) mass is 273 g/mol. The number of Topliss-reactive ketones (excluding diaryl/α,β-unsaturated/α-hetero) is 1. The lowest BCUT2D eigenvalue weighted by Crippen LogP contribution is -2.53. The molecule has 0 saturated carbocycles. The maximum atomic E-state index is 12.1. The highest BCUT2D eigenvalue weighted by molar-refractivity contribution is 6.28. The number of nitrogens with one attached hydrogen (secondary N) is 1. The molecule has 0 aromatic carbocycles. The fourth-order valence-electron chi connectivity index (χ4n) is 1.54. The Bertz CT molecular complexity index is 334. The summed E-state index contributed by atoms with van der Waals surface area (Å²) < 4.78 is 41.2. The molecule has 0 aromatic heterocycles. The normalized spacial score (nSPS) is 29.1. The highest BCUT2D eigenvalue weighted by atomic mass is 35.5. The van der Waals surface area contributed by atoms with E-state index in [0.29, 0.717) is 0 Å². The third kappa shape index (κ3) is 2.90. The van der Waals surface area contributed by atoms with Crippen molar-refractivity contribution in [1.29, 1.82) is 0 Å². The topological polar surface area (TPSA) is 55.4 Å². The molecule has 2 atom stereocenters. The highest BCUT2D eigenvalue weighted by Crippen LogP contribution is 2.30. The van der Waals surface area contributed by atoms with Crippen molar-refractivity contribution >= 4 is 23.3 Å². The maximum Gasteiger partial charge on any atom is 0.471 e. The molecule has 1 aliphatic rings. The molecule has 1 rings (SSSR count). The molecule has 0 aromatic rings. The zero-order chi connectivity index (χ0) is 13.3. The lowest BCUT2D eigenvalue weighted by Gasteiger charge is -2.28. The smallest absolute Gasteiger partial charge is 0.378 e. The van der Waals surface area contributed by atoms with E-state index in [1.807, 2.05) is 0 Å². The predicted octanol–water partition coefficient (Wildman–Crippen LogP) is 0.878. The minimum Gasteiger partial charge on any atom is -0.378 e. The van der Waals surface area contributed by atoms with Crippen LogP contribution in [0.3, 0.4) is 0 Å². The molecule has 0 radical (unpaired) electrons. The standard InChI is InChI=1S/C9H11ClF3NO3/c1-8(6(15)2-10)4-17-3-5(8)14-7(16)9(11,12)13/h5H,2-4H2,1H3,(H,14,16). The van der Waals surface area contributed by atoms with Gasteiger partial charge in [0, 0.05) is 0 Å². The second-order valence-corrected chi connectivity index (χ2v) is 4.28. The highest BCUT2D eigenvalue weighted by Gasteiger charge is 2.49. The van der Waals surface area contributed by atoms with Crippen LogP contribution in [0.25, 0.3) is 0 Å². The van der Waals surface area contributed by atoms with Gasteiger partial charge in [0.1, 0.15) is 0 Å². The fourth-order valence-corrected chi connectivity index (χ4v) is 1.85. The Hall–Kier alpha value is -0.820. The maximum absolute atomic E-state index is 12.1. The van der Waals surface area contributed by atoms with E-state index in [-0.39, 0.29) is 19.1 Å². The summed E-state index contributed by atoms with van der Waals surface area (Å²) in [6, 6.07) is -1.01. The first-order valence-electron chi connectivity index (χ1n) is 4.76. The van der Waals surface area contributed by atoms with Gasteiger partial charge in [0.15, 0.2) is 5.78 Å². The summed E-state index contributed by atoms with van der Waals surface area (Å²) in [5.74, 6) is -2.87. The lowest BCUT2D eigenvalue weighted by molar-refractivity contribution is -0.175. The molecule has 17 heavy (non-hydrogen) atoms. The summed E-state index contributed by atoms with van der Waals surface area (Å²) in [6.07, 6.45) is -4.98.